The highest BCUT2D eigenvalue weighted by atomic mass is 32.2. The van der Waals surface area contributed by atoms with Gasteiger partial charge in [-0.15, -0.1) is 12.6 Å². The maximum Gasteiger partial charge on any atom is 0.323 e. The molecule has 0 saturated carbocycles. The first kappa shape index (κ1) is 31.9. The molecule has 0 aliphatic heterocycles. The van der Waals surface area contributed by atoms with E-state index in [4.69, 9.17) is 10.5 Å². The van der Waals surface area contributed by atoms with Crippen LogP contribution in [0.5, 0.6) is 0 Å². The number of sulfone groups is 1. The molecule has 192 valence electrons. The van der Waals surface area contributed by atoms with Gasteiger partial charge >= 0.3 is 5.97 Å². The smallest absolute Gasteiger partial charge is 0.323 e. The van der Waals surface area contributed by atoms with Gasteiger partial charge in [0.15, 0.2) is 9.84 Å². The van der Waals surface area contributed by atoms with Gasteiger partial charge in [-0.25, -0.2) is 8.42 Å². The number of nitrogens with two attached hydrogens (primary N) is 1. The highest BCUT2D eigenvalue weighted by molar-refractivity contribution is 7.91. The number of esters is 1. The van der Waals surface area contributed by atoms with E-state index in [0.717, 1.165) is 34.4 Å². The fraction of sp³-hybridized carbons (Fsp3) is 0.520. The van der Waals surface area contributed by atoms with Crippen LogP contribution in [-0.4, -0.2) is 38.7 Å². The number of carbonyl (C=O) groups is 2. The van der Waals surface area contributed by atoms with Crippen molar-refractivity contribution in [1.29, 1.82) is 0 Å². The summed E-state index contributed by atoms with van der Waals surface area (Å²) < 4.78 is 28.3. The molecule has 7 nitrogen and oxygen atoms in total. The van der Waals surface area contributed by atoms with Gasteiger partial charge < -0.3 is 15.8 Å². The fourth-order valence-electron chi connectivity index (χ4n) is 2.89. The molecule has 34 heavy (non-hydrogen) atoms. The van der Waals surface area contributed by atoms with E-state index in [1.807, 2.05) is 39.8 Å². The van der Waals surface area contributed by atoms with Crippen molar-refractivity contribution in [3.63, 3.8) is 0 Å². The molecule has 9 heteroatoms. The van der Waals surface area contributed by atoms with E-state index in [2.05, 4.69) is 24.5 Å². The molecule has 0 bridgehead atoms. The Morgan fingerprint density at radius 2 is 1.79 bits per heavy atom. The summed E-state index contributed by atoms with van der Waals surface area (Å²) >= 11 is 4.38. The van der Waals surface area contributed by atoms with Crippen molar-refractivity contribution >= 4 is 39.2 Å². The number of carbonyl (C=O) groups excluding carboxylic acids is 2. The summed E-state index contributed by atoms with van der Waals surface area (Å²) in [5.74, 6) is -0.633. The Kier molecular flexibility index (Phi) is 14.1. The molecule has 1 aromatic rings. The molecule has 2 atom stereocenters. The van der Waals surface area contributed by atoms with Crippen molar-refractivity contribution in [3.05, 3.63) is 47.2 Å². The lowest BCUT2D eigenvalue weighted by Gasteiger charge is -2.16. The lowest BCUT2D eigenvalue weighted by atomic mass is 10.1. The topological polar surface area (TPSA) is 116 Å². The van der Waals surface area contributed by atoms with Crippen molar-refractivity contribution in [2.45, 2.75) is 84.3 Å². The highest BCUT2D eigenvalue weighted by Gasteiger charge is 2.18. The van der Waals surface area contributed by atoms with Crippen LogP contribution >= 0.6 is 12.6 Å². The zero-order valence-corrected chi connectivity index (χ0v) is 23.1. The Balaban J connectivity index is 0.000000644. The number of ether oxygens (including phenoxy) is 1. The van der Waals surface area contributed by atoms with E-state index >= 15 is 0 Å². The number of aryl methyl sites for hydroxylation is 1. The maximum atomic E-state index is 11.6. The van der Waals surface area contributed by atoms with Crippen LogP contribution in [0.25, 0.3) is 4.91 Å². The van der Waals surface area contributed by atoms with Crippen LogP contribution in [0.2, 0.25) is 0 Å². The van der Waals surface area contributed by atoms with Gasteiger partial charge in [-0.2, -0.15) is 0 Å². The second kappa shape index (κ2) is 15.0. The first-order valence-electron chi connectivity index (χ1n) is 11.2. The zero-order valence-electron chi connectivity index (χ0n) is 21.4. The van der Waals surface area contributed by atoms with Gasteiger partial charge in [0.05, 0.1) is 11.0 Å². The number of amides is 1. The van der Waals surface area contributed by atoms with Crippen molar-refractivity contribution in [2.75, 3.05) is 6.26 Å². The van der Waals surface area contributed by atoms with Gasteiger partial charge in [0.1, 0.15) is 6.04 Å². The Bertz CT molecular complexity index is 997. The number of rotatable bonds is 10. The van der Waals surface area contributed by atoms with E-state index in [1.165, 1.54) is 6.26 Å². The summed E-state index contributed by atoms with van der Waals surface area (Å²) in [4.78, 5) is 24.1. The predicted molar refractivity (Wildman–Crippen MR) is 142 cm³/mol. The van der Waals surface area contributed by atoms with Crippen molar-refractivity contribution < 1.29 is 22.7 Å². The SMILES string of the molecule is C=C(C)NC(=O)CCC(N)C(=O)OC(C)CCC.CC(C)=C(S)c1ccc(C)c(S(C)(=O)=O)c1. The van der Waals surface area contributed by atoms with E-state index in [0.29, 0.717) is 10.6 Å². The molecule has 0 aliphatic carbocycles. The van der Waals surface area contributed by atoms with Crippen molar-refractivity contribution in [1.82, 2.24) is 5.32 Å². The molecule has 0 aromatic heterocycles. The van der Waals surface area contributed by atoms with Crippen molar-refractivity contribution in [2.24, 2.45) is 5.73 Å². The monoisotopic (exact) mass is 512 g/mol. The third kappa shape index (κ3) is 12.4. The molecule has 1 rings (SSSR count). The Labute approximate surface area is 210 Å². The first-order valence-corrected chi connectivity index (χ1v) is 13.5. The molecular formula is C25H40N2O5S2. The van der Waals surface area contributed by atoms with E-state index < -0.39 is 21.8 Å². The van der Waals surface area contributed by atoms with Gasteiger partial charge in [-0.05, 0) is 64.7 Å². The lowest BCUT2D eigenvalue weighted by molar-refractivity contribution is -0.150. The van der Waals surface area contributed by atoms with Crippen molar-refractivity contribution in [3.8, 4) is 0 Å². The van der Waals surface area contributed by atoms with Crippen LogP contribution < -0.4 is 11.1 Å². The van der Waals surface area contributed by atoms with Crippen LogP contribution in [0.15, 0.2) is 40.9 Å². The van der Waals surface area contributed by atoms with Crippen LogP contribution in [0.1, 0.15) is 71.4 Å². The molecule has 0 radical (unpaired) electrons. The molecule has 0 aliphatic rings. The third-order valence-corrected chi connectivity index (χ3v) is 6.63. The van der Waals surface area contributed by atoms with E-state index in [9.17, 15) is 18.0 Å². The minimum atomic E-state index is -3.17. The first-order chi connectivity index (χ1) is 15.6. The molecule has 0 spiro atoms. The van der Waals surface area contributed by atoms with Crippen LogP contribution in [0.3, 0.4) is 0 Å². The summed E-state index contributed by atoms with van der Waals surface area (Å²) in [5.41, 5.74) is 8.91. The van der Waals surface area contributed by atoms with Crippen LogP contribution in [-0.2, 0) is 24.2 Å². The van der Waals surface area contributed by atoms with Gasteiger partial charge in [-0.3, -0.25) is 9.59 Å². The molecule has 1 aromatic carbocycles. The lowest BCUT2D eigenvalue weighted by Crippen LogP contribution is -2.35. The Hall–Kier alpha value is -2.10. The van der Waals surface area contributed by atoms with Gasteiger partial charge in [0.2, 0.25) is 5.91 Å². The Morgan fingerprint density at radius 3 is 2.26 bits per heavy atom. The quantitative estimate of drug-likeness (QED) is 0.313. The summed E-state index contributed by atoms with van der Waals surface area (Å²) in [6, 6.07) is 4.63. The number of hydrogen-bond acceptors (Lipinski definition) is 7. The molecule has 3 N–H and O–H groups in total. The standard InChI is InChI=1S/C13H24N2O3.C12H16O2S2/c1-5-6-10(4)18-13(17)11(14)7-8-12(16)15-9(2)3;1-8(2)12(15)10-6-5-9(3)11(7-10)16(4,13)14/h10-11H,2,5-8,14H2,1,3-4H3,(H,15,16);5-7,15H,1-4H3. The van der Waals surface area contributed by atoms with E-state index in [-0.39, 0.29) is 24.9 Å². The predicted octanol–water partition coefficient (Wildman–Crippen LogP) is 4.55. The third-order valence-electron chi connectivity index (χ3n) is 4.69. The maximum absolute atomic E-state index is 11.6. The number of thiol groups is 1. The molecular weight excluding hydrogens is 472 g/mol. The summed E-state index contributed by atoms with van der Waals surface area (Å²) in [5, 5.41) is 2.56. The number of nitrogens with one attached hydrogen (secondary N) is 1. The molecule has 0 saturated heterocycles. The average Bonchev–Trinajstić information content (AvgIpc) is 2.71. The minimum Gasteiger partial charge on any atom is -0.462 e. The largest absolute Gasteiger partial charge is 0.462 e. The van der Waals surface area contributed by atoms with Crippen LogP contribution in [0, 0.1) is 6.92 Å². The average molecular weight is 513 g/mol. The van der Waals surface area contributed by atoms with E-state index in [1.54, 1.807) is 19.9 Å². The summed E-state index contributed by atoms with van der Waals surface area (Å²) in [6.45, 7) is 14.8. The van der Waals surface area contributed by atoms with Crippen LogP contribution in [0.4, 0.5) is 0 Å². The van der Waals surface area contributed by atoms with Gasteiger partial charge in [0, 0.05) is 23.3 Å². The zero-order chi connectivity index (χ0) is 26.6. The molecule has 1 amide bonds. The Morgan fingerprint density at radius 1 is 1.21 bits per heavy atom. The highest BCUT2D eigenvalue weighted by Crippen LogP contribution is 2.26. The van der Waals surface area contributed by atoms with Gasteiger partial charge in [-0.1, -0.05) is 37.6 Å². The molecule has 0 heterocycles. The number of hydrogen-bond donors (Lipinski definition) is 3. The summed E-state index contributed by atoms with van der Waals surface area (Å²) in [6.07, 6.45) is 3.32. The number of benzene rings is 1. The fourth-order valence-corrected chi connectivity index (χ4v) is 4.02. The normalized spacial score (nSPS) is 12.5. The number of allylic oxidation sites excluding steroid dienone is 2. The summed E-state index contributed by atoms with van der Waals surface area (Å²) in [7, 11) is -3.17. The molecule has 0 fully saturated rings. The second-order valence-electron chi connectivity index (χ2n) is 8.61. The molecule has 2 unspecified atom stereocenters. The minimum absolute atomic E-state index is 0.127. The second-order valence-corrected chi connectivity index (χ2v) is 11.0. The van der Waals surface area contributed by atoms with Gasteiger partial charge in [0.25, 0.3) is 0 Å².